The zero-order valence-electron chi connectivity index (χ0n) is 9.06. The largest absolute Gasteiger partial charge is 0.478 e. The van der Waals surface area contributed by atoms with Crippen molar-refractivity contribution in [3.63, 3.8) is 0 Å². The second-order valence-electron chi connectivity index (χ2n) is 3.20. The summed E-state index contributed by atoms with van der Waals surface area (Å²) in [4.78, 5) is 22.0. The number of allylic oxidation sites excluding steroid dienone is 1. The number of carboxylic acids is 1. The Kier molecular flexibility index (Phi) is 3.83. The van der Waals surface area contributed by atoms with Crippen LogP contribution in [-0.2, 0) is 9.53 Å². The SMILES string of the molecule is COC(=O)c1ccccc1/C(C)=C/C(=O)O. The molecular weight excluding hydrogens is 208 g/mol. The number of hydrogen-bond donors (Lipinski definition) is 1. The van der Waals surface area contributed by atoms with Crippen molar-refractivity contribution in [3.8, 4) is 0 Å². The molecule has 0 spiro atoms. The Labute approximate surface area is 93.2 Å². The Hall–Kier alpha value is -2.10. The van der Waals surface area contributed by atoms with E-state index in [1.165, 1.54) is 7.11 Å². The Balaban J connectivity index is 3.23. The number of carboxylic acid groups (broad SMARTS) is 1. The zero-order chi connectivity index (χ0) is 12.1. The number of aliphatic carboxylic acids is 1. The van der Waals surface area contributed by atoms with E-state index in [4.69, 9.17) is 5.11 Å². The van der Waals surface area contributed by atoms with E-state index in [9.17, 15) is 9.59 Å². The fourth-order valence-electron chi connectivity index (χ4n) is 1.38. The first kappa shape index (κ1) is 12.0. The highest BCUT2D eigenvalue weighted by molar-refractivity contribution is 5.98. The summed E-state index contributed by atoms with van der Waals surface area (Å²) in [7, 11) is 1.29. The van der Waals surface area contributed by atoms with E-state index in [1.807, 2.05) is 0 Å². The highest BCUT2D eigenvalue weighted by atomic mass is 16.5. The van der Waals surface area contributed by atoms with Gasteiger partial charge in [0.25, 0.3) is 0 Å². The van der Waals surface area contributed by atoms with Gasteiger partial charge in [0.1, 0.15) is 0 Å². The van der Waals surface area contributed by atoms with Gasteiger partial charge in [-0.3, -0.25) is 0 Å². The van der Waals surface area contributed by atoms with Crippen LogP contribution in [0.15, 0.2) is 30.3 Å². The topological polar surface area (TPSA) is 63.6 Å². The maximum Gasteiger partial charge on any atom is 0.338 e. The van der Waals surface area contributed by atoms with E-state index < -0.39 is 11.9 Å². The van der Waals surface area contributed by atoms with Crippen LogP contribution in [0.1, 0.15) is 22.8 Å². The second-order valence-corrected chi connectivity index (χ2v) is 3.20. The number of ether oxygens (including phenoxy) is 1. The van der Waals surface area contributed by atoms with E-state index in [0.717, 1.165) is 6.08 Å². The molecule has 0 heterocycles. The lowest BCUT2D eigenvalue weighted by molar-refractivity contribution is -0.131. The molecule has 0 aliphatic rings. The van der Waals surface area contributed by atoms with E-state index in [0.29, 0.717) is 16.7 Å². The minimum Gasteiger partial charge on any atom is -0.478 e. The monoisotopic (exact) mass is 220 g/mol. The molecule has 0 radical (unpaired) electrons. The molecule has 0 bridgehead atoms. The van der Waals surface area contributed by atoms with Gasteiger partial charge in [-0.05, 0) is 24.1 Å². The van der Waals surface area contributed by atoms with E-state index in [1.54, 1.807) is 31.2 Å². The summed E-state index contributed by atoms with van der Waals surface area (Å²) in [5.74, 6) is -1.52. The molecule has 0 unspecified atom stereocenters. The fraction of sp³-hybridized carbons (Fsp3) is 0.167. The van der Waals surface area contributed by atoms with Crippen LogP contribution in [-0.4, -0.2) is 24.2 Å². The van der Waals surface area contributed by atoms with Gasteiger partial charge < -0.3 is 9.84 Å². The van der Waals surface area contributed by atoms with Crippen molar-refractivity contribution in [1.29, 1.82) is 0 Å². The molecule has 0 aliphatic heterocycles. The Morgan fingerprint density at radius 2 is 1.81 bits per heavy atom. The molecule has 0 aromatic heterocycles. The van der Waals surface area contributed by atoms with Crippen LogP contribution in [0.5, 0.6) is 0 Å². The Morgan fingerprint density at radius 1 is 1.25 bits per heavy atom. The molecule has 1 N–H and O–H groups in total. The molecular formula is C12H12O4. The van der Waals surface area contributed by atoms with Crippen LogP contribution < -0.4 is 0 Å². The molecule has 84 valence electrons. The number of carbonyl (C=O) groups excluding carboxylic acids is 1. The lowest BCUT2D eigenvalue weighted by Gasteiger charge is -2.07. The van der Waals surface area contributed by atoms with Crippen molar-refractivity contribution < 1.29 is 19.4 Å². The highest BCUT2D eigenvalue weighted by Crippen LogP contribution is 2.19. The molecule has 1 aromatic rings. The van der Waals surface area contributed by atoms with Crippen molar-refractivity contribution in [2.75, 3.05) is 7.11 Å². The molecule has 0 aliphatic carbocycles. The third-order valence-corrected chi connectivity index (χ3v) is 2.10. The predicted octanol–water partition coefficient (Wildman–Crippen LogP) is 1.96. The van der Waals surface area contributed by atoms with Gasteiger partial charge in [0.05, 0.1) is 12.7 Å². The van der Waals surface area contributed by atoms with Gasteiger partial charge in [0.2, 0.25) is 0 Å². The summed E-state index contributed by atoms with van der Waals surface area (Å²) in [6.45, 7) is 1.63. The molecule has 0 saturated heterocycles. The number of hydrogen-bond acceptors (Lipinski definition) is 3. The maximum atomic E-state index is 11.4. The molecule has 4 nitrogen and oxygen atoms in total. The van der Waals surface area contributed by atoms with Crippen molar-refractivity contribution in [2.24, 2.45) is 0 Å². The molecule has 4 heteroatoms. The molecule has 16 heavy (non-hydrogen) atoms. The first-order chi connectivity index (χ1) is 7.56. The molecule has 0 fully saturated rings. The number of esters is 1. The van der Waals surface area contributed by atoms with E-state index >= 15 is 0 Å². The summed E-state index contributed by atoms with van der Waals surface area (Å²) in [6.07, 6.45) is 1.06. The van der Waals surface area contributed by atoms with Gasteiger partial charge in [-0.15, -0.1) is 0 Å². The average Bonchev–Trinajstić information content (AvgIpc) is 2.27. The number of benzene rings is 1. The maximum absolute atomic E-state index is 11.4. The molecule has 0 amide bonds. The Bertz CT molecular complexity index is 446. The average molecular weight is 220 g/mol. The molecule has 0 saturated carbocycles. The van der Waals surface area contributed by atoms with Gasteiger partial charge in [0, 0.05) is 6.08 Å². The van der Waals surface area contributed by atoms with Crippen molar-refractivity contribution in [3.05, 3.63) is 41.5 Å². The zero-order valence-corrected chi connectivity index (χ0v) is 9.06. The smallest absolute Gasteiger partial charge is 0.338 e. The van der Waals surface area contributed by atoms with E-state index in [2.05, 4.69) is 4.74 Å². The minimum atomic E-state index is -1.04. The summed E-state index contributed by atoms with van der Waals surface area (Å²) in [6, 6.07) is 6.71. The van der Waals surface area contributed by atoms with Gasteiger partial charge in [-0.25, -0.2) is 9.59 Å². The normalized spacial score (nSPS) is 11.0. The van der Waals surface area contributed by atoms with Crippen molar-refractivity contribution >= 4 is 17.5 Å². The lowest BCUT2D eigenvalue weighted by atomic mass is 10.0. The predicted molar refractivity (Wildman–Crippen MR) is 59.1 cm³/mol. The standard InChI is InChI=1S/C12H12O4/c1-8(7-11(13)14)9-5-3-4-6-10(9)12(15)16-2/h3-7H,1-2H3,(H,13,14)/b8-7+. The Morgan fingerprint density at radius 3 is 2.31 bits per heavy atom. The number of rotatable bonds is 3. The van der Waals surface area contributed by atoms with Crippen LogP contribution >= 0.6 is 0 Å². The quantitative estimate of drug-likeness (QED) is 0.624. The second kappa shape index (κ2) is 5.11. The highest BCUT2D eigenvalue weighted by Gasteiger charge is 2.12. The van der Waals surface area contributed by atoms with Crippen LogP contribution in [0.25, 0.3) is 5.57 Å². The summed E-state index contributed by atoms with van der Waals surface area (Å²) >= 11 is 0. The van der Waals surface area contributed by atoms with Crippen LogP contribution in [0.4, 0.5) is 0 Å². The first-order valence-electron chi connectivity index (χ1n) is 4.65. The van der Waals surface area contributed by atoms with Crippen molar-refractivity contribution in [2.45, 2.75) is 6.92 Å². The van der Waals surface area contributed by atoms with Crippen LogP contribution in [0, 0.1) is 0 Å². The van der Waals surface area contributed by atoms with Gasteiger partial charge >= 0.3 is 11.9 Å². The number of methoxy groups -OCH3 is 1. The third-order valence-electron chi connectivity index (χ3n) is 2.10. The molecule has 1 rings (SSSR count). The summed E-state index contributed by atoms with van der Waals surface area (Å²) in [5, 5.41) is 8.64. The fourth-order valence-corrected chi connectivity index (χ4v) is 1.38. The first-order valence-corrected chi connectivity index (χ1v) is 4.65. The minimum absolute atomic E-state index is 0.361. The summed E-state index contributed by atoms with van der Waals surface area (Å²) < 4.78 is 4.62. The summed E-state index contributed by atoms with van der Waals surface area (Å²) in [5.41, 5.74) is 1.44. The van der Waals surface area contributed by atoms with Gasteiger partial charge in [-0.2, -0.15) is 0 Å². The molecule has 1 aromatic carbocycles. The lowest BCUT2D eigenvalue weighted by Crippen LogP contribution is -2.05. The van der Waals surface area contributed by atoms with Crippen LogP contribution in [0.2, 0.25) is 0 Å². The van der Waals surface area contributed by atoms with Crippen molar-refractivity contribution in [1.82, 2.24) is 0 Å². The third kappa shape index (κ3) is 2.70. The van der Waals surface area contributed by atoms with Gasteiger partial charge in [0.15, 0.2) is 0 Å². The molecule has 0 atom stereocenters. The van der Waals surface area contributed by atoms with Gasteiger partial charge in [-0.1, -0.05) is 18.2 Å². The van der Waals surface area contributed by atoms with Crippen LogP contribution in [0.3, 0.4) is 0 Å². The van der Waals surface area contributed by atoms with E-state index in [-0.39, 0.29) is 0 Å². The number of carbonyl (C=O) groups is 2.